The van der Waals surface area contributed by atoms with Crippen LogP contribution < -0.4 is 0 Å². The van der Waals surface area contributed by atoms with Crippen molar-refractivity contribution in [2.45, 2.75) is 52.5 Å². The lowest BCUT2D eigenvalue weighted by atomic mass is 9.73. The quantitative estimate of drug-likeness (QED) is 0.569. The molecule has 0 aromatic heterocycles. The molecular weight excluding hydrogens is 354 g/mol. The number of imide groups is 1. The van der Waals surface area contributed by atoms with E-state index in [1.54, 1.807) is 24.3 Å². The monoisotopic (exact) mass is 379 g/mol. The molecule has 146 valence electrons. The van der Waals surface area contributed by atoms with Crippen LogP contribution in [-0.4, -0.2) is 28.7 Å². The molecule has 1 unspecified atom stereocenters. The molecule has 1 aromatic rings. The van der Waals surface area contributed by atoms with Gasteiger partial charge < -0.3 is 4.74 Å². The Bertz CT molecular complexity index is 884. The van der Waals surface area contributed by atoms with E-state index in [-0.39, 0.29) is 11.8 Å². The molecule has 1 fully saturated rings. The summed E-state index contributed by atoms with van der Waals surface area (Å²) in [4.78, 5) is 38.7. The largest absolute Gasteiger partial charge is 0.429 e. The van der Waals surface area contributed by atoms with Gasteiger partial charge >= 0.3 is 5.97 Å². The van der Waals surface area contributed by atoms with Crippen molar-refractivity contribution < 1.29 is 19.1 Å². The van der Waals surface area contributed by atoms with Gasteiger partial charge in [0.25, 0.3) is 11.8 Å². The van der Waals surface area contributed by atoms with Crippen molar-refractivity contribution >= 4 is 17.8 Å². The van der Waals surface area contributed by atoms with Crippen molar-refractivity contribution in [3.63, 3.8) is 0 Å². The number of esters is 1. The van der Waals surface area contributed by atoms with Crippen LogP contribution in [0.3, 0.4) is 0 Å². The standard InChI is InChI=1S/C23H25NO4/c1-23(2,3)15-10-8-14(9-11-15)12-16-13-19(22(27)28-16)24-20(25)17-6-4-5-7-18(17)21(24)26/h4-8,12,15,19H,9-11,13H2,1-3H3/b16-12-/t15?,19-/m1/s1. The molecule has 0 saturated carbocycles. The Balaban J connectivity index is 1.50. The van der Waals surface area contributed by atoms with Crippen molar-refractivity contribution in [2.75, 3.05) is 0 Å². The second-order valence-corrected chi connectivity index (χ2v) is 8.89. The lowest BCUT2D eigenvalue weighted by Gasteiger charge is -2.32. The van der Waals surface area contributed by atoms with Crippen LogP contribution >= 0.6 is 0 Å². The number of rotatable bonds is 2. The Labute approximate surface area is 165 Å². The zero-order chi connectivity index (χ0) is 20.1. The van der Waals surface area contributed by atoms with Gasteiger partial charge in [0.05, 0.1) is 11.1 Å². The minimum atomic E-state index is -0.884. The van der Waals surface area contributed by atoms with Crippen LogP contribution in [0.5, 0.6) is 0 Å². The topological polar surface area (TPSA) is 63.7 Å². The minimum absolute atomic E-state index is 0.240. The zero-order valence-electron chi connectivity index (χ0n) is 16.5. The zero-order valence-corrected chi connectivity index (χ0v) is 16.5. The van der Waals surface area contributed by atoms with E-state index in [9.17, 15) is 14.4 Å². The highest BCUT2D eigenvalue weighted by atomic mass is 16.5. The van der Waals surface area contributed by atoms with E-state index in [1.807, 2.05) is 6.08 Å². The molecule has 5 heteroatoms. The summed E-state index contributed by atoms with van der Waals surface area (Å²) in [5.41, 5.74) is 2.14. The molecule has 28 heavy (non-hydrogen) atoms. The molecule has 2 aliphatic heterocycles. The van der Waals surface area contributed by atoms with Crippen molar-refractivity contribution in [1.82, 2.24) is 4.90 Å². The van der Waals surface area contributed by atoms with Crippen LogP contribution in [-0.2, 0) is 9.53 Å². The van der Waals surface area contributed by atoms with Gasteiger partial charge in [-0.1, -0.05) is 39.0 Å². The second-order valence-electron chi connectivity index (χ2n) is 8.89. The van der Waals surface area contributed by atoms with E-state index in [2.05, 4.69) is 26.8 Å². The average Bonchev–Trinajstić information content (AvgIpc) is 3.12. The highest BCUT2D eigenvalue weighted by Crippen LogP contribution is 2.38. The summed E-state index contributed by atoms with van der Waals surface area (Å²) in [5.74, 6) is -0.203. The van der Waals surface area contributed by atoms with E-state index in [4.69, 9.17) is 4.74 Å². The fourth-order valence-corrected chi connectivity index (χ4v) is 4.27. The van der Waals surface area contributed by atoms with Crippen molar-refractivity contribution in [1.29, 1.82) is 0 Å². The molecule has 5 nitrogen and oxygen atoms in total. The fourth-order valence-electron chi connectivity index (χ4n) is 4.27. The molecule has 1 aliphatic carbocycles. The molecule has 2 heterocycles. The number of carbonyl (C=O) groups excluding carboxylic acids is 3. The molecule has 3 aliphatic rings. The van der Waals surface area contributed by atoms with E-state index >= 15 is 0 Å². The Morgan fingerprint density at radius 2 is 1.71 bits per heavy atom. The SMILES string of the molecule is CC(C)(C)C1CC=C(/C=C2/C[C@@H](N3C(=O)c4ccccc4C3=O)C(=O)O2)CC1. The fraction of sp³-hybridized carbons (Fsp3) is 0.435. The highest BCUT2D eigenvalue weighted by molar-refractivity contribution is 6.22. The number of fused-ring (bicyclic) bond motifs is 1. The Morgan fingerprint density at radius 3 is 2.25 bits per heavy atom. The van der Waals surface area contributed by atoms with E-state index in [0.29, 0.717) is 22.8 Å². The summed E-state index contributed by atoms with van der Waals surface area (Å²) >= 11 is 0. The summed E-state index contributed by atoms with van der Waals surface area (Å²) < 4.78 is 5.41. The lowest BCUT2D eigenvalue weighted by molar-refractivity contribution is -0.138. The van der Waals surface area contributed by atoms with E-state index in [1.165, 1.54) is 0 Å². The Kier molecular flexibility index (Phi) is 4.48. The predicted molar refractivity (Wildman–Crippen MR) is 104 cm³/mol. The van der Waals surface area contributed by atoms with Gasteiger partial charge in [-0.05, 0) is 54.4 Å². The second kappa shape index (κ2) is 6.73. The van der Waals surface area contributed by atoms with Gasteiger partial charge in [-0.3, -0.25) is 14.5 Å². The predicted octanol–water partition coefficient (Wildman–Crippen LogP) is 4.25. The number of hydrogen-bond donors (Lipinski definition) is 0. The maximum Gasteiger partial charge on any atom is 0.334 e. The van der Waals surface area contributed by atoms with Gasteiger partial charge in [-0.15, -0.1) is 0 Å². The molecule has 0 bridgehead atoms. The van der Waals surface area contributed by atoms with Crippen LogP contribution in [0.2, 0.25) is 0 Å². The normalized spacial score (nSPS) is 26.5. The number of cyclic esters (lactones) is 1. The first kappa shape index (κ1) is 18.7. The number of benzene rings is 1. The third kappa shape index (κ3) is 3.19. The van der Waals surface area contributed by atoms with Gasteiger partial charge in [-0.2, -0.15) is 0 Å². The van der Waals surface area contributed by atoms with Crippen LogP contribution in [0.15, 0.2) is 47.7 Å². The van der Waals surface area contributed by atoms with Crippen LogP contribution in [0, 0.1) is 11.3 Å². The van der Waals surface area contributed by atoms with Crippen LogP contribution in [0.25, 0.3) is 0 Å². The van der Waals surface area contributed by atoms with Crippen molar-refractivity contribution in [3.05, 3.63) is 58.9 Å². The molecule has 1 aromatic carbocycles. The van der Waals surface area contributed by atoms with E-state index in [0.717, 1.165) is 29.7 Å². The summed E-state index contributed by atoms with van der Waals surface area (Å²) in [6.45, 7) is 6.79. The first-order chi connectivity index (χ1) is 13.3. The lowest BCUT2D eigenvalue weighted by Crippen LogP contribution is -2.42. The number of amides is 2. The number of nitrogens with zero attached hydrogens (tertiary/aromatic N) is 1. The first-order valence-corrected chi connectivity index (χ1v) is 9.84. The average molecular weight is 379 g/mol. The number of allylic oxidation sites excluding steroid dienone is 3. The third-order valence-corrected chi connectivity index (χ3v) is 6.05. The van der Waals surface area contributed by atoms with Crippen LogP contribution in [0.4, 0.5) is 0 Å². The van der Waals surface area contributed by atoms with Crippen LogP contribution in [0.1, 0.15) is 67.2 Å². The Hall–Kier alpha value is -2.69. The van der Waals surface area contributed by atoms with Gasteiger partial charge in [0, 0.05) is 6.42 Å². The number of carbonyl (C=O) groups is 3. The summed E-state index contributed by atoms with van der Waals surface area (Å²) in [6.07, 6.45) is 7.43. The molecule has 2 atom stereocenters. The molecule has 1 saturated heterocycles. The van der Waals surface area contributed by atoms with Gasteiger partial charge in [-0.25, -0.2) is 4.79 Å². The summed E-state index contributed by atoms with van der Waals surface area (Å²) in [5, 5.41) is 0. The van der Waals surface area contributed by atoms with Gasteiger partial charge in [0.1, 0.15) is 11.8 Å². The first-order valence-electron chi connectivity index (χ1n) is 9.84. The maximum atomic E-state index is 12.6. The molecular formula is C23H25NO4. The molecule has 0 N–H and O–H groups in total. The summed E-state index contributed by atoms with van der Waals surface area (Å²) in [7, 11) is 0. The third-order valence-electron chi connectivity index (χ3n) is 6.05. The Morgan fingerprint density at radius 1 is 1.07 bits per heavy atom. The van der Waals surface area contributed by atoms with Gasteiger partial charge in [0.2, 0.25) is 0 Å². The smallest absolute Gasteiger partial charge is 0.334 e. The molecule has 0 spiro atoms. The maximum absolute atomic E-state index is 12.6. The molecule has 0 radical (unpaired) electrons. The van der Waals surface area contributed by atoms with Gasteiger partial charge in [0.15, 0.2) is 0 Å². The number of hydrogen-bond acceptors (Lipinski definition) is 4. The molecule has 4 rings (SSSR count). The van der Waals surface area contributed by atoms with E-state index < -0.39 is 23.8 Å². The highest BCUT2D eigenvalue weighted by Gasteiger charge is 2.46. The number of ether oxygens (including phenoxy) is 1. The summed E-state index contributed by atoms with van der Waals surface area (Å²) in [6, 6.07) is 5.78. The van der Waals surface area contributed by atoms with Crippen molar-refractivity contribution in [3.8, 4) is 0 Å². The molecule has 2 amide bonds. The van der Waals surface area contributed by atoms with Crippen molar-refractivity contribution in [2.24, 2.45) is 11.3 Å². The minimum Gasteiger partial charge on any atom is -0.429 e.